The Labute approximate surface area is 219 Å². The van der Waals surface area contributed by atoms with Crippen LogP contribution in [0.5, 0.6) is 5.75 Å². The third-order valence-corrected chi connectivity index (χ3v) is 8.14. The van der Waals surface area contributed by atoms with Crippen molar-refractivity contribution in [3.63, 3.8) is 0 Å². The molecule has 1 fully saturated rings. The van der Waals surface area contributed by atoms with Crippen LogP contribution in [0.25, 0.3) is 10.8 Å². The molecule has 206 valence electrons. The lowest BCUT2D eigenvalue weighted by molar-refractivity contribution is -0.136. The highest BCUT2D eigenvalue weighted by molar-refractivity contribution is 7.55. The van der Waals surface area contributed by atoms with Crippen molar-refractivity contribution in [1.29, 1.82) is 0 Å². The molecule has 0 spiro atoms. The van der Waals surface area contributed by atoms with Crippen LogP contribution < -0.4 is 15.4 Å². The molecule has 3 rings (SSSR count). The minimum Gasteiger partial charge on any atom is -0.497 e. The molecule has 13 heteroatoms. The molecule has 38 heavy (non-hydrogen) atoms. The number of ketones is 1. The number of hydrogen-bond donors (Lipinski definition) is 2. The van der Waals surface area contributed by atoms with E-state index in [1.54, 1.807) is 25.1 Å². The van der Waals surface area contributed by atoms with Crippen LogP contribution >= 0.6 is 7.60 Å². The van der Waals surface area contributed by atoms with Crippen molar-refractivity contribution in [1.82, 2.24) is 10.6 Å². The molecule has 0 radical (unpaired) electrons. The number of rotatable bonds is 12. The summed E-state index contributed by atoms with van der Waals surface area (Å²) < 4.78 is 39.3. The van der Waals surface area contributed by atoms with Gasteiger partial charge in [0, 0.05) is 14.2 Å². The molecule has 0 aliphatic carbocycles. The summed E-state index contributed by atoms with van der Waals surface area (Å²) in [5, 5.41) is 5.92. The summed E-state index contributed by atoms with van der Waals surface area (Å²) in [6, 6.07) is 8.69. The van der Waals surface area contributed by atoms with Gasteiger partial charge in [-0.3, -0.25) is 18.9 Å². The molecule has 0 aromatic heterocycles. The van der Waals surface area contributed by atoms with E-state index in [1.165, 1.54) is 20.1 Å². The predicted octanol–water partition coefficient (Wildman–Crippen LogP) is 2.10. The van der Waals surface area contributed by atoms with Gasteiger partial charge in [-0.1, -0.05) is 18.2 Å². The van der Waals surface area contributed by atoms with E-state index in [0.29, 0.717) is 11.1 Å². The number of carbonyl (C=O) groups is 4. The molecule has 0 saturated carbocycles. The fourth-order valence-corrected chi connectivity index (χ4v) is 5.02. The number of esters is 1. The van der Waals surface area contributed by atoms with Crippen molar-refractivity contribution in [3.8, 4) is 5.75 Å². The second kappa shape index (κ2) is 11.6. The third kappa shape index (κ3) is 6.21. The lowest BCUT2D eigenvalue weighted by Crippen LogP contribution is -2.54. The second-order valence-electron chi connectivity index (χ2n) is 8.97. The van der Waals surface area contributed by atoms with Gasteiger partial charge in [0.1, 0.15) is 17.1 Å². The number of carbonyl (C=O) groups excluding carboxylic acids is 4. The summed E-state index contributed by atoms with van der Waals surface area (Å²) in [5.74, 6) is -4.60. The number of epoxide rings is 1. The van der Waals surface area contributed by atoms with Gasteiger partial charge in [-0.25, -0.2) is 4.79 Å². The Bertz CT molecular complexity index is 1300. The topological polar surface area (TPSA) is 159 Å². The monoisotopic (exact) mass is 550 g/mol. The lowest BCUT2D eigenvalue weighted by Gasteiger charge is -2.27. The first-order valence-electron chi connectivity index (χ1n) is 11.6. The van der Waals surface area contributed by atoms with Gasteiger partial charge in [0.15, 0.2) is 0 Å². The first-order chi connectivity index (χ1) is 17.9. The number of Topliss-reactive ketones (excluding diaryl/α,β-unsaturated/α-hetero) is 1. The van der Waals surface area contributed by atoms with E-state index < -0.39 is 42.9 Å². The standard InChI is InChI=1S/C25H31N2O10P/c1-14-8-7-9-17-18(14)10-16(33-4)11-19(17)24(31)37-20(25(3)13-36-25)21(29)27-23(38(32,34-5)35-6)22(30)26-12-15(2)28/h7-11,20,23H,12-13H2,1-6H3,(H,26,30)(H,27,29)/t20-,23?,25+/m1/s1. The number of nitrogens with one attached hydrogen (secondary N) is 2. The highest BCUT2D eigenvalue weighted by Crippen LogP contribution is 2.50. The van der Waals surface area contributed by atoms with Crippen LogP contribution in [0.3, 0.4) is 0 Å². The quantitative estimate of drug-likeness (QED) is 0.228. The summed E-state index contributed by atoms with van der Waals surface area (Å²) in [7, 11) is -0.679. The fourth-order valence-electron chi connectivity index (χ4n) is 3.78. The Morgan fingerprint density at radius 3 is 2.29 bits per heavy atom. The van der Waals surface area contributed by atoms with E-state index in [9.17, 15) is 23.7 Å². The predicted molar refractivity (Wildman–Crippen MR) is 136 cm³/mol. The van der Waals surface area contributed by atoms with Crippen LogP contribution in [0.1, 0.15) is 29.8 Å². The molecule has 3 atom stereocenters. The van der Waals surface area contributed by atoms with E-state index in [0.717, 1.165) is 25.2 Å². The number of fused-ring (bicyclic) bond motifs is 1. The summed E-state index contributed by atoms with van der Waals surface area (Å²) in [6.07, 6.45) is -1.54. The number of amides is 2. The molecule has 1 heterocycles. The largest absolute Gasteiger partial charge is 0.497 e. The molecule has 1 aliphatic heterocycles. The Morgan fingerprint density at radius 1 is 1.08 bits per heavy atom. The van der Waals surface area contributed by atoms with Crippen LogP contribution in [0, 0.1) is 6.92 Å². The molecule has 2 N–H and O–H groups in total. The summed E-state index contributed by atoms with van der Waals surface area (Å²) in [4.78, 5) is 50.9. The van der Waals surface area contributed by atoms with Gasteiger partial charge in [-0.2, -0.15) is 0 Å². The SMILES string of the molecule is COc1cc(C(=O)O[C@H](C(=O)NC(C(=O)NCC(C)=O)P(=O)(OC)OC)[C@]2(C)CO2)c2cccc(C)c2c1. The maximum atomic E-state index is 13.4. The Hall–Kier alpha value is -3.31. The number of hydrogen-bond acceptors (Lipinski definition) is 10. The van der Waals surface area contributed by atoms with Gasteiger partial charge < -0.3 is 33.9 Å². The molecule has 2 aromatic rings. The van der Waals surface area contributed by atoms with Crippen molar-refractivity contribution in [3.05, 3.63) is 41.5 Å². The second-order valence-corrected chi connectivity index (χ2v) is 11.3. The molecule has 12 nitrogen and oxygen atoms in total. The van der Waals surface area contributed by atoms with Gasteiger partial charge >= 0.3 is 13.6 Å². The molecule has 1 unspecified atom stereocenters. The minimum atomic E-state index is -4.23. The molecular formula is C25H31N2O10P. The molecule has 0 bridgehead atoms. The van der Waals surface area contributed by atoms with Crippen molar-refractivity contribution in [2.75, 3.05) is 34.5 Å². The molecular weight excluding hydrogens is 519 g/mol. The number of benzene rings is 2. The van der Waals surface area contributed by atoms with Crippen LogP contribution in [0.4, 0.5) is 0 Å². The van der Waals surface area contributed by atoms with Crippen molar-refractivity contribution < 1.29 is 47.0 Å². The Kier molecular flexibility index (Phi) is 8.94. The zero-order valence-electron chi connectivity index (χ0n) is 22.0. The molecule has 2 amide bonds. The van der Waals surface area contributed by atoms with Gasteiger partial charge in [0.2, 0.25) is 11.9 Å². The summed E-state index contributed by atoms with van der Waals surface area (Å²) in [5.41, 5.74) is -0.147. The summed E-state index contributed by atoms with van der Waals surface area (Å²) >= 11 is 0. The smallest absolute Gasteiger partial charge is 0.361 e. The zero-order valence-corrected chi connectivity index (χ0v) is 22.9. The van der Waals surface area contributed by atoms with Crippen molar-refractivity contribution in [2.24, 2.45) is 0 Å². The van der Waals surface area contributed by atoms with Crippen molar-refractivity contribution in [2.45, 2.75) is 38.3 Å². The van der Waals surface area contributed by atoms with Gasteiger partial charge in [0.25, 0.3) is 11.8 Å². The van der Waals surface area contributed by atoms with Crippen LogP contribution in [0.15, 0.2) is 30.3 Å². The van der Waals surface area contributed by atoms with Gasteiger partial charge in [-0.15, -0.1) is 0 Å². The molecule has 1 aliphatic rings. The van der Waals surface area contributed by atoms with Crippen LogP contribution in [0.2, 0.25) is 0 Å². The number of aryl methyl sites for hydroxylation is 1. The zero-order chi connectivity index (χ0) is 28.3. The first kappa shape index (κ1) is 29.2. The molecule has 2 aromatic carbocycles. The van der Waals surface area contributed by atoms with Crippen molar-refractivity contribution >= 4 is 41.9 Å². The highest BCUT2D eigenvalue weighted by Gasteiger charge is 2.55. The maximum absolute atomic E-state index is 13.4. The van der Waals surface area contributed by atoms with Crippen LogP contribution in [-0.2, 0) is 37.5 Å². The lowest BCUT2D eigenvalue weighted by atomic mass is 10.00. The van der Waals surface area contributed by atoms with Gasteiger partial charge in [-0.05, 0) is 49.2 Å². The normalized spacial score (nSPS) is 18.3. The average Bonchev–Trinajstić information content (AvgIpc) is 3.65. The van der Waals surface area contributed by atoms with E-state index in [1.807, 2.05) is 13.0 Å². The van der Waals surface area contributed by atoms with Crippen LogP contribution in [-0.4, -0.2) is 75.5 Å². The first-order valence-corrected chi connectivity index (χ1v) is 13.2. The van der Waals surface area contributed by atoms with E-state index >= 15 is 0 Å². The van der Waals surface area contributed by atoms with E-state index in [2.05, 4.69) is 10.6 Å². The Balaban J connectivity index is 1.94. The average molecular weight is 551 g/mol. The minimum absolute atomic E-state index is 0.0871. The third-order valence-electron chi connectivity index (χ3n) is 6.12. The summed E-state index contributed by atoms with van der Waals surface area (Å²) in [6.45, 7) is 4.39. The highest BCUT2D eigenvalue weighted by atomic mass is 31.2. The maximum Gasteiger partial charge on any atom is 0.361 e. The fraction of sp³-hybridized carbons (Fsp3) is 0.440. The number of ether oxygens (including phenoxy) is 3. The molecule has 1 saturated heterocycles. The number of methoxy groups -OCH3 is 1. The van der Waals surface area contributed by atoms with E-state index in [4.69, 9.17) is 23.3 Å². The Morgan fingerprint density at radius 2 is 1.74 bits per heavy atom. The van der Waals surface area contributed by atoms with E-state index in [-0.39, 0.29) is 24.5 Å². The van der Waals surface area contributed by atoms with Gasteiger partial charge in [0.05, 0.1) is 25.8 Å².